The van der Waals surface area contributed by atoms with Crippen molar-refractivity contribution in [2.75, 3.05) is 0 Å². The molecule has 0 aliphatic carbocycles. The molecule has 1 aromatic heterocycles. The molecule has 0 saturated heterocycles. The van der Waals surface area contributed by atoms with Crippen LogP contribution in [-0.4, -0.2) is 0 Å². The van der Waals surface area contributed by atoms with Gasteiger partial charge < -0.3 is 0 Å². The lowest BCUT2D eigenvalue weighted by atomic mass is 10.0. The third-order valence-corrected chi connectivity index (χ3v) is 4.97. The van der Waals surface area contributed by atoms with Gasteiger partial charge in [0.15, 0.2) is 0 Å². The first-order valence-corrected chi connectivity index (χ1v) is 7.60. The summed E-state index contributed by atoms with van der Waals surface area (Å²) >= 11 is 8.76. The van der Waals surface area contributed by atoms with Crippen LogP contribution in [0.25, 0.3) is 0 Å². The summed E-state index contributed by atoms with van der Waals surface area (Å²) in [5, 5.41) is 2.08. The Morgan fingerprint density at radius 2 is 2.12 bits per heavy atom. The molecule has 2 rings (SSSR count). The van der Waals surface area contributed by atoms with Crippen LogP contribution >= 0.6 is 43.2 Å². The second-order valence-electron chi connectivity index (χ2n) is 3.67. The van der Waals surface area contributed by atoms with Gasteiger partial charge in [-0.3, -0.25) is 11.3 Å². The Morgan fingerprint density at radius 3 is 2.71 bits per heavy atom. The molecule has 0 amide bonds. The summed E-state index contributed by atoms with van der Waals surface area (Å²) in [6, 6.07) is 10.4. The predicted molar refractivity (Wildman–Crippen MR) is 79.9 cm³/mol. The van der Waals surface area contributed by atoms with Crippen molar-refractivity contribution >= 4 is 43.2 Å². The van der Waals surface area contributed by atoms with Gasteiger partial charge in [-0.05, 0) is 45.1 Å². The molecule has 0 bridgehead atoms. The second-order valence-corrected chi connectivity index (χ2v) is 6.44. The fourth-order valence-corrected chi connectivity index (χ4v) is 3.63. The van der Waals surface area contributed by atoms with Crippen LogP contribution in [0.2, 0.25) is 0 Å². The number of nitrogens with one attached hydrogen (secondary N) is 1. The zero-order valence-corrected chi connectivity index (χ0v) is 13.0. The number of halogens is 2. The Balaban J connectivity index is 2.20. The molecule has 0 spiro atoms. The molecule has 1 atom stereocenters. The molecule has 1 heterocycles. The van der Waals surface area contributed by atoms with Crippen LogP contribution in [0.5, 0.6) is 0 Å². The highest BCUT2D eigenvalue weighted by atomic mass is 79.9. The van der Waals surface area contributed by atoms with Crippen molar-refractivity contribution in [2.45, 2.75) is 12.5 Å². The van der Waals surface area contributed by atoms with Gasteiger partial charge in [0.05, 0.1) is 6.04 Å². The van der Waals surface area contributed by atoms with E-state index >= 15 is 0 Å². The fraction of sp³-hybridized carbons (Fsp3) is 0.167. The summed E-state index contributed by atoms with van der Waals surface area (Å²) in [7, 11) is 0. The highest BCUT2D eigenvalue weighted by molar-refractivity contribution is 9.10. The van der Waals surface area contributed by atoms with Gasteiger partial charge in [-0.2, -0.15) is 0 Å². The number of hydrogen-bond acceptors (Lipinski definition) is 3. The summed E-state index contributed by atoms with van der Waals surface area (Å²) in [4.78, 5) is 1.30. The molecule has 0 fully saturated rings. The Morgan fingerprint density at radius 1 is 1.29 bits per heavy atom. The topological polar surface area (TPSA) is 38.0 Å². The number of hydrogen-bond donors (Lipinski definition) is 2. The lowest BCUT2D eigenvalue weighted by molar-refractivity contribution is 0.555. The molecule has 2 nitrogen and oxygen atoms in total. The van der Waals surface area contributed by atoms with E-state index in [1.54, 1.807) is 11.3 Å². The average Bonchev–Trinajstić information content (AvgIpc) is 2.71. The summed E-state index contributed by atoms with van der Waals surface area (Å²) < 4.78 is 2.22. The van der Waals surface area contributed by atoms with Gasteiger partial charge in [0.25, 0.3) is 0 Å². The molecule has 1 unspecified atom stereocenters. The van der Waals surface area contributed by atoms with E-state index in [0.29, 0.717) is 0 Å². The van der Waals surface area contributed by atoms with Gasteiger partial charge in [0.2, 0.25) is 0 Å². The Kier molecular flexibility index (Phi) is 4.76. The minimum atomic E-state index is 0.127. The summed E-state index contributed by atoms with van der Waals surface area (Å²) in [6.07, 6.45) is 0.880. The highest BCUT2D eigenvalue weighted by Crippen LogP contribution is 2.28. The van der Waals surface area contributed by atoms with Crippen molar-refractivity contribution in [1.82, 2.24) is 5.43 Å². The minimum Gasteiger partial charge on any atom is -0.271 e. The van der Waals surface area contributed by atoms with Crippen LogP contribution in [-0.2, 0) is 6.42 Å². The molecule has 5 heteroatoms. The first kappa shape index (κ1) is 13.2. The van der Waals surface area contributed by atoms with Crippen molar-refractivity contribution in [2.24, 2.45) is 5.84 Å². The van der Waals surface area contributed by atoms with E-state index in [4.69, 9.17) is 5.84 Å². The average molecular weight is 376 g/mol. The maximum absolute atomic E-state index is 5.65. The molecular formula is C12H12Br2N2S. The van der Waals surface area contributed by atoms with E-state index in [2.05, 4.69) is 60.9 Å². The SMILES string of the molecule is NNC(Cc1sccc1Br)c1cccc(Br)c1. The van der Waals surface area contributed by atoms with Crippen molar-refractivity contribution in [3.8, 4) is 0 Å². The van der Waals surface area contributed by atoms with E-state index < -0.39 is 0 Å². The minimum absolute atomic E-state index is 0.127. The number of hydrazine groups is 1. The van der Waals surface area contributed by atoms with Crippen LogP contribution < -0.4 is 11.3 Å². The zero-order valence-electron chi connectivity index (χ0n) is 8.99. The Hall–Kier alpha value is -0.200. The zero-order chi connectivity index (χ0) is 12.3. The first-order valence-electron chi connectivity index (χ1n) is 5.14. The van der Waals surface area contributed by atoms with Crippen LogP contribution in [0.1, 0.15) is 16.5 Å². The third kappa shape index (κ3) is 3.39. The van der Waals surface area contributed by atoms with Crippen molar-refractivity contribution < 1.29 is 0 Å². The first-order chi connectivity index (χ1) is 8.20. The predicted octanol–water partition coefficient (Wildman–Crippen LogP) is 4.02. The van der Waals surface area contributed by atoms with Crippen molar-refractivity contribution in [1.29, 1.82) is 0 Å². The molecule has 17 heavy (non-hydrogen) atoms. The summed E-state index contributed by atoms with van der Waals surface area (Å²) in [5.74, 6) is 5.65. The third-order valence-electron chi connectivity index (χ3n) is 2.53. The number of thiophene rings is 1. The normalized spacial score (nSPS) is 12.6. The van der Waals surface area contributed by atoms with E-state index in [-0.39, 0.29) is 6.04 Å². The van der Waals surface area contributed by atoms with Crippen molar-refractivity contribution in [3.63, 3.8) is 0 Å². The molecule has 0 aliphatic rings. The number of rotatable bonds is 4. The Bertz CT molecular complexity index is 499. The second kappa shape index (κ2) is 6.11. The van der Waals surface area contributed by atoms with Gasteiger partial charge in [-0.25, -0.2) is 0 Å². The molecule has 0 saturated carbocycles. The standard InChI is InChI=1S/C12H12Br2N2S/c13-9-3-1-2-8(6-9)11(16-15)7-12-10(14)4-5-17-12/h1-6,11,16H,7,15H2. The fourth-order valence-electron chi connectivity index (χ4n) is 1.65. The smallest absolute Gasteiger partial charge is 0.0508 e. The molecule has 0 radical (unpaired) electrons. The maximum Gasteiger partial charge on any atom is 0.0508 e. The van der Waals surface area contributed by atoms with Crippen LogP contribution in [0.4, 0.5) is 0 Å². The molecule has 1 aromatic carbocycles. The number of nitrogens with two attached hydrogens (primary N) is 1. The molecule has 3 N–H and O–H groups in total. The van der Waals surface area contributed by atoms with Crippen LogP contribution in [0, 0.1) is 0 Å². The van der Waals surface area contributed by atoms with E-state index in [9.17, 15) is 0 Å². The van der Waals surface area contributed by atoms with Crippen molar-refractivity contribution in [3.05, 3.63) is 55.1 Å². The summed E-state index contributed by atoms with van der Waals surface area (Å²) in [6.45, 7) is 0. The van der Waals surface area contributed by atoms with Gasteiger partial charge in [0.1, 0.15) is 0 Å². The largest absolute Gasteiger partial charge is 0.271 e. The highest BCUT2D eigenvalue weighted by Gasteiger charge is 2.13. The Labute approximate surface area is 121 Å². The quantitative estimate of drug-likeness (QED) is 0.625. The van der Waals surface area contributed by atoms with Crippen LogP contribution in [0.3, 0.4) is 0 Å². The lowest BCUT2D eigenvalue weighted by Gasteiger charge is -2.16. The van der Waals surface area contributed by atoms with Gasteiger partial charge in [-0.1, -0.05) is 28.1 Å². The number of benzene rings is 1. The van der Waals surface area contributed by atoms with E-state index in [1.807, 2.05) is 12.1 Å². The molecule has 0 aliphatic heterocycles. The monoisotopic (exact) mass is 374 g/mol. The van der Waals surface area contributed by atoms with Gasteiger partial charge in [0, 0.05) is 20.2 Å². The van der Waals surface area contributed by atoms with Crippen LogP contribution in [0.15, 0.2) is 44.7 Å². The van der Waals surface area contributed by atoms with E-state index in [1.165, 1.54) is 10.4 Å². The summed E-state index contributed by atoms with van der Waals surface area (Å²) in [5.41, 5.74) is 4.06. The lowest BCUT2D eigenvalue weighted by Crippen LogP contribution is -2.29. The molecule has 2 aromatic rings. The molecule has 90 valence electrons. The molecular weight excluding hydrogens is 364 g/mol. The maximum atomic E-state index is 5.65. The van der Waals surface area contributed by atoms with E-state index in [0.717, 1.165) is 15.4 Å². The van der Waals surface area contributed by atoms with Gasteiger partial charge >= 0.3 is 0 Å². The van der Waals surface area contributed by atoms with Gasteiger partial charge in [-0.15, -0.1) is 11.3 Å².